The van der Waals surface area contributed by atoms with Crippen LogP contribution in [0.1, 0.15) is 11.1 Å². The molecule has 0 amide bonds. The lowest BCUT2D eigenvalue weighted by molar-refractivity contribution is 0.768. The highest BCUT2D eigenvalue weighted by atomic mass is 35.5. The predicted molar refractivity (Wildman–Crippen MR) is 78.6 cm³/mol. The molecule has 1 nitrogen and oxygen atoms in total. The van der Waals surface area contributed by atoms with Crippen LogP contribution in [0.5, 0.6) is 0 Å². The van der Waals surface area contributed by atoms with E-state index in [2.05, 4.69) is 24.0 Å². The lowest BCUT2D eigenvalue weighted by Gasteiger charge is -2.09. The van der Waals surface area contributed by atoms with Crippen molar-refractivity contribution >= 4 is 17.2 Å². The maximum absolute atomic E-state index is 6.09. The van der Waals surface area contributed by atoms with Gasteiger partial charge in [0.1, 0.15) is 0 Å². The van der Waals surface area contributed by atoms with Crippen molar-refractivity contribution in [3.63, 3.8) is 0 Å². The third-order valence-electron chi connectivity index (χ3n) is 2.79. The van der Waals surface area contributed by atoms with E-state index in [9.17, 15) is 0 Å². The molecule has 92 valence electrons. The van der Waals surface area contributed by atoms with Gasteiger partial charge in [-0.1, -0.05) is 66.7 Å². The molecule has 1 N–H and O–H groups in total. The van der Waals surface area contributed by atoms with E-state index < -0.39 is 0 Å². The van der Waals surface area contributed by atoms with Crippen LogP contribution in [-0.2, 0) is 6.54 Å². The van der Waals surface area contributed by atoms with Gasteiger partial charge in [0.25, 0.3) is 0 Å². The largest absolute Gasteiger partial charge is 0.309 e. The minimum Gasteiger partial charge on any atom is -0.309 e. The van der Waals surface area contributed by atoms with Gasteiger partial charge in [-0.2, -0.15) is 0 Å². The van der Waals surface area contributed by atoms with Gasteiger partial charge >= 0.3 is 0 Å². The van der Waals surface area contributed by atoms with Gasteiger partial charge in [0.2, 0.25) is 0 Å². The molecular weight excluding hydrogens is 242 g/mol. The Labute approximate surface area is 113 Å². The van der Waals surface area contributed by atoms with Crippen LogP contribution in [-0.4, -0.2) is 6.54 Å². The zero-order valence-electron chi connectivity index (χ0n) is 10.2. The van der Waals surface area contributed by atoms with Gasteiger partial charge in [0.15, 0.2) is 0 Å². The number of hydrogen-bond acceptors (Lipinski definition) is 1. The monoisotopic (exact) mass is 257 g/mol. The molecular formula is C16H16ClN. The summed E-state index contributed by atoms with van der Waals surface area (Å²) in [6.07, 6.45) is 0. The molecule has 0 spiro atoms. The highest BCUT2D eigenvalue weighted by Crippen LogP contribution is 2.15. The third-order valence-corrected chi connectivity index (χ3v) is 3.16. The van der Waals surface area contributed by atoms with Crippen molar-refractivity contribution in [1.29, 1.82) is 0 Å². The summed E-state index contributed by atoms with van der Waals surface area (Å²) in [5.41, 5.74) is 3.37. The third kappa shape index (κ3) is 3.46. The fourth-order valence-corrected chi connectivity index (χ4v) is 1.97. The summed E-state index contributed by atoms with van der Waals surface area (Å²) in [7, 11) is 0. The van der Waals surface area contributed by atoms with E-state index in [1.54, 1.807) is 0 Å². The average molecular weight is 258 g/mol. The maximum Gasteiger partial charge on any atom is 0.0450 e. The minimum absolute atomic E-state index is 0.755. The molecule has 2 aromatic rings. The van der Waals surface area contributed by atoms with E-state index in [1.807, 2.05) is 42.5 Å². The molecule has 2 rings (SSSR count). The van der Waals surface area contributed by atoms with Crippen LogP contribution in [0.2, 0.25) is 5.02 Å². The van der Waals surface area contributed by atoms with Crippen LogP contribution in [0.3, 0.4) is 0 Å². The van der Waals surface area contributed by atoms with E-state index in [1.165, 1.54) is 5.56 Å². The van der Waals surface area contributed by atoms with Crippen molar-refractivity contribution in [2.75, 3.05) is 6.54 Å². The molecule has 0 heterocycles. The first-order chi connectivity index (χ1) is 8.77. The van der Waals surface area contributed by atoms with Crippen molar-refractivity contribution in [3.05, 3.63) is 77.3 Å². The summed E-state index contributed by atoms with van der Waals surface area (Å²) >= 11 is 6.09. The van der Waals surface area contributed by atoms with Crippen molar-refractivity contribution in [2.24, 2.45) is 0 Å². The fraction of sp³-hybridized carbons (Fsp3) is 0.125. The molecule has 0 aliphatic carbocycles. The van der Waals surface area contributed by atoms with Gasteiger partial charge in [-0.25, -0.2) is 0 Å². The molecule has 0 atom stereocenters. The topological polar surface area (TPSA) is 12.0 Å². The van der Waals surface area contributed by atoms with Crippen LogP contribution in [0, 0.1) is 0 Å². The Morgan fingerprint density at radius 2 is 1.67 bits per heavy atom. The Kier molecular flexibility index (Phi) is 4.57. The molecule has 2 aromatic carbocycles. The highest BCUT2D eigenvalue weighted by Gasteiger charge is 2.00. The van der Waals surface area contributed by atoms with E-state index in [0.717, 1.165) is 29.2 Å². The molecule has 0 saturated heterocycles. The zero-order valence-corrected chi connectivity index (χ0v) is 11.0. The molecule has 0 aliphatic rings. The van der Waals surface area contributed by atoms with Gasteiger partial charge < -0.3 is 5.32 Å². The molecule has 0 radical (unpaired) electrons. The molecule has 2 heteroatoms. The lowest BCUT2D eigenvalue weighted by atomic mass is 10.1. The zero-order chi connectivity index (χ0) is 12.8. The first-order valence-electron chi connectivity index (χ1n) is 5.94. The van der Waals surface area contributed by atoms with Gasteiger partial charge in [-0.05, 0) is 22.8 Å². The Morgan fingerprint density at radius 1 is 1.00 bits per heavy atom. The summed E-state index contributed by atoms with van der Waals surface area (Å²) in [4.78, 5) is 0. The molecule has 0 unspecified atom stereocenters. The smallest absolute Gasteiger partial charge is 0.0450 e. The first kappa shape index (κ1) is 12.9. The number of halogens is 1. The number of hydrogen-bond donors (Lipinski definition) is 1. The van der Waals surface area contributed by atoms with Gasteiger partial charge in [-0.3, -0.25) is 0 Å². The second kappa shape index (κ2) is 6.39. The lowest BCUT2D eigenvalue weighted by Crippen LogP contribution is -2.15. The molecule has 18 heavy (non-hydrogen) atoms. The molecule has 0 bridgehead atoms. The summed E-state index contributed by atoms with van der Waals surface area (Å²) < 4.78 is 0. The fourth-order valence-electron chi connectivity index (χ4n) is 1.77. The Hall–Kier alpha value is -1.57. The summed E-state index contributed by atoms with van der Waals surface area (Å²) in [5.74, 6) is 0. The number of rotatable bonds is 5. The van der Waals surface area contributed by atoms with E-state index in [4.69, 9.17) is 11.6 Å². The van der Waals surface area contributed by atoms with Gasteiger partial charge in [0.05, 0.1) is 0 Å². The second-order valence-corrected chi connectivity index (χ2v) is 4.57. The standard InChI is InChI=1S/C16H16ClN/c1-13(14-7-3-2-4-8-14)11-18-12-15-9-5-6-10-16(15)17/h2-10,18H,1,11-12H2. The van der Waals surface area contributed by atoms with Crippen LogP contribution >= 0.6 is 11.6 Å². The van der Waals surface area contributed by atoms with Crippen molar-refractivity contribution in [2.45, 2.75) is 6.54 Å². The predicted octanol–water partition coefficient (Wildman–Crippen LogP) is 4.14. The average Bonchev–Trinajstić information content (AvgIpc) is 2.42. The van der Waals surface area contributed by atoms with Crippen LogP contribution < -0.4 is 5.32 Å². The van der Waals surface area contributed by atoms with Gasteiger partial charge in [0, 0.05) is 18.1 Å². The van der Waals surface area contributed by atoms with Crippen LogP contribution in [0.25, 0.3) is 5.57 Å². The highest BCUT2D eigenvalue weighted by molar-refractivity contribution is 6.31. The summed E-state index contributed by atoms with van der Waals surface area (Å²) in [6.45, 7) is 5.60. The minimum atomic E-state index is 0.755. The summed E-state index contributed by atoms with van der Waals surface area (Å²) in [6, 6.07) is 18.1. The molecule has 0 aromatic heterocycles. The van der Waals surface area contributed by atoms with Crippen molar-refractivity contribution < 1.29 is 0 Å². The van der Waals surface area contributed by atoms with E-state index >= 15 is 0 Å². The Morgan fingerprint density at radius 3 is 2.39 bits per heavy atom. The first-order valence-corrected chi connectivity index (χ1v) is 6.32. The quantitative estimate of drug-likeness (QED) is 0.849. The van der Waals surface area contributed by atoms with Crippen molar-refractivity contribution in [3.8, 4) is 0 Å². The van der Waals surface area contributed by atoms with E-state index in [-0.39, 0.29) is 0 Å². The van der Waals surface area contributed by atoms with Crippen LogP contribution in [0.15, 0.2) is 61.2 Å². The SMILES string of the molecule is C=C(CNCc1ccccc1Cl)c1ccccc1. The molecule has 0 aliphatic heterocycles. The summed E-state index contributed by atoms with van der Waals surface area (Å²) in [5, 5.41) is 4.16. The number of benzene rings is 2. The van der Waals surface area contributed by atoms with Crippen LogP contribution in [0.4, 0.5) is 0 Å². The normalized spacial score (nSPS) is 10.3. The number of nitrogens with one attached hydrogen (secondary N) is 1. The van der Waals surface area contributed by atoms with Crippen molar-refractivity contribution in [1.82, 2.24) is 5.32 Å². The Balaban J connectivity index is 1.86. The molecule has 0 fully saturated rings. The maximum atomic E-state index is 6.09. The molecule has 0 saturated carbocycles. The second-order valence-electron chi connectivity index (χ2n) is 4.16. The van der Waals surface area contributed by atoms with Gasteiger partial charge in [-0.15, -0.1) is 0 Å². The Bertz CT molecular complexity index is 520. The van der Waals surface area contributed by atoms with E-state index in [0.29, 0.717) is 0 Å².